The van der Waals surface area contributed by atoms with Crippen molar-refractivity contribution in [2.75, 3.05) is 13.2 Å². The maximum atomic E-state index is 11.7. The van der Waals surface area contributed by atoms with Crippen molar-refractivity contribution in [3.8, 4) is 0 Å². The molecule has 1 aliphatic rings. The number of nitrogens with one attached hydrogen (secondary N) is 1. The monoisotopic (exact) mass is 268 g/mol. The topological polar surface area (TPSA) is 41.6 Å². The lowest BCUT2D eigenvalue weighted by Gasteiger charge is -2.25. The Balaban J connectivity index is 2.11. The van der Waals surface area contributed by atoms with E-state index in [9.17, 15) is 4.79 Å². The van der Waals surface area contributed by atoms with Crippen molar-refractivity contribution in [3.63, 3.8) is 0 Å². The summed E-state index contributed by atoms with van der Waals surface area (Å²) in [4.78, 5) is 17.3. The molecule has 1 saturated heterocycles. The Morgan fingerprint density at radius 3 is 2.89 bits per heavy atom. The molecule has 1 fully saturated rings. The van der Waals surface area contributed by atoms with Crippen LogP contribution >= 0.6 is 11.6 Å². The molecule has 0 spiro atoms. The number of amides is 1. The van der Waals surface area contributed by atoms with Gasteiger partial charge < -0.3 is 5.32 Å². The molecule has 98 valence electrons. The van der Waals surface area contributed by atoms with Crippen LogP contribution in [0.3, 0.4) is 0 Å². The van der Waals surface area contributed by atoms with Crippen molar-refractivity contribution in [2.45, 2.75) is 25.9 Å². The van der Waals surface area contributed by atoms with Gasteiger partial charge >= 0.3 is 0 Å². The molecule has 1 unspecified atom stereocenters. The average Bonchev–Trinajstić information content (AvgIpc) is 2.78. The van der Waals surface area contributed by atoms with Gasteiger partial charge in [-0.3, -0.25) is 9.63 Å². The Morgan fingerprint density at radius 1 is 1.50 bits per heavy atom. The molecule has 0 saturated carbocycles. The van der Waals surface area contributed by atoms with Gasteiger partial charge in [-0.05, 0) is 25.0 Å². The third kappa shape index (κ3) is 3.02. The largest absolute Gasteiger partial charge is 0.355 e. The zero-order chi connectivity index (χ0) is 13.0. The van der Waals surface area contributed by atoms with Crippen molar-refractivity contribution >= 4 is 17.5 Å². The number of halogens is 1. The SMILES string of the molecule is CCON(Cc1ccccc1Cl)C1CCNC1=O. The van der Waals surface area contributed by atoms with Crippen molar-refractivity contribution in [1.82, 2.24) is 10.4 Å². The molecule has 5 heteroatoms. The van der Waals surface area contributed by atoms with Gasteiger partial charge in [0, 0.05) is 11.6 Å². The minimum absolute atomic E-state index is 0.0236. The molecule has 4 nitrogen and oxygen atoms in total. The minimum atomic E-state index is -0.221. The molecule has 2 rings (SSSR count). The second-order valence-electron chi connectivity index (χ2n) is 4.18. The van der Waals surface area contributed by atoms with E-state index in [1.165, 1.54) is 0 Å². The molecule has 1 N–H and O–H groups in total. The summed E-state index contributed by atoms with van der Waals surface area (Å²) < 4.78 is 0. The summed E-state index contributed by atoms with van der Waals surface area (Å²) in [5.74, 6) is 0.0236. The molecule has 0 aromatic heterocycles. The summed E-state index contributed by atoms with van der Waals surface area (Å²) in [6.45, 7) is 3.67. The van der Waals surface area contributed by atoms with Crippen LogP contribution in [0.25, 0.3) is 0 Å². The van der Waals surface area contributed by atoms with E-state index in [0.29, 0.717) is 24.7 Å². The van der Waals surface area contributed by atoms with E-state index in [2.05, 4.69) is 5.32 Å². The van der Waals surface area contributed by atoms with E-state index in [4.69, 9.17) is 16.4 Å². The second kappa shape index (κ2) is 6.18. The molecule has 1 atom stereocenters. The third-order valence-corrected chi connectivity index (χ3v) is 3.31. The first kappa shape index (κ1) is 13.3. The Morgan fingerprint density at radius 2 is 2.28 bits per heavy atom. The van der Waals surface area contributed by atoms with Crippen molar-refractivity contribution < 1.29 is 9.63 Å². The highest BCUT2D eigenvalue weighted by Gasteiger charge is 2.31. The Hall–Kier alpha value is -1.10. The number of hydroxylamine groups is 2. The Labute approximate surface area is 112 Å². The van der Waals surface area contributed by atoms with Gasteiger partial charge in [0.25, 0.3) is 0 Å². The molecule has 1 aliphatic heterocycles. The average molecular weight is 269 g/mol. The number of rotatable bonds is 5. The smallest absolute Gasteiger partial charge is 0.239 e. The lowest BCUT2D eigenvalue weighted by Crippen LogP contribution is -2.40. The molecule has 1 aromatic rings. The van der Waals surface area contributed by atoms with Crippen LogP contribution in [0.5, 0.6) is 0 Å². The van der Waals surface area contributed by atoms with E-state index < -0.39 is 0 Å². The highest BCUT2D eigenvalue weighted by molar-refractivity contribution is 6.31. The summed E-state index contributed by atoms with van der Waals surface area (Å²) >= 11 is 6.13. The van der Waals surface area contributed by atoms with Crippen LogP contribution in [-0.4, -0.2) is 30.2 Å². The number of benzene rings is 1. The quantitative estimate of drug-likeness (QED) is 0.831. The predicted molar refractivity (Wildman–Crippen MR) is 70.0 cm³/mol. The van der Waals surface area contributed by atoms with E-state index in [0.717, 1.165) is 12.0 Å². The van der Waals surface area contributed by atoms with Gasteiger partial charge in [0.15, 0.2) is 0 Å². The molecule has 1 aromatic carbocycles. The van der Waals surface area contributed by atoms with Crippen LogP contribution in [0.15, 0.2) is 24.3 Å². The van der Waals surface area contributed by atoms with E-state index in [-0.39, 0.29) is 11.9 Å². The zero-order valence-electron chi connectivity index (χ0n) is 10.4. The maximum Gasteiger partial charge on any atom is 0.239 e. The molecule has 0 bridgehead atoms. The van der Waals surface area contributed by atoms with Gasteiger partial charge in [-0.1, -0.05) is 29.8 Å². The van der Waals surface area contributed by atoms with E-state index in [1.54, 1.807) is 5.06 Å². The van der Waals surface area contributed by atoms with Gasteiger partial charge in [-0.2, -0.15) is 5.06 Å². The molecular formula is C13H17ClN2O2. The van der Waals surface area contributed by atoms with Gasteiger partial charge in [0.1, 0.15) is 6.04 Å². The number of carbonyl (C=O) groups is 1. The molecular weight excluding hydrogens is 252 g/mol. The van der Waals surface area contributed by atoms with Crippen LogP contribution in [0, 0.1) is 0 Å². The van der Waals surface area contributed by atoms with Crippen LogP contribution < -0.4 is 5.32 Å². The number of hydrogen-bond donors (Lipinski definition) is 1. The third-order valence-electron chi connectivity index (χ3n) is 2.95. The van der Waals surface area contributed by atoms with Crippen LogP contribution in [-0.2, 0) is 16.2 Å². The fraction of sp³-hybridized carbons (Fsp3) is 0.462. The Kier molecular flexibility index (Phi) is 4.58. The fourth-order valence-electron chi connectivity index (χ4n) is 2.06. The summed E-state index contributed by atoms with van der Waals surface area (Å²) in [6, 6.07) is 7.39. The van der Waals surface area contributed by atoms with Gasteiger partial charge in [0.2, 0.25) is 5.91 Å². The summed E-state index contributed by atoms with van der Waals surface area (Å²) in [6.07, 6.45) is 0.767. The van der Waals surface area contributed by atoms with E-state index >= 15 is 0 Å². The predicted octanol–water partition coefficient (Wildman–Crippen LogP) is 1.98. The standard InChI is InChI=1S/C13H17ClN2O2/c1-2-18-16(12-7-8-15-13(12)17)9-10-5-3-4-6-11(10)14/h3-6,12H,2,7-9H2,1H3,(H,15,17). The minimum Gasteiger partial charge on any atom is -0.355 e. The van der Waals surface area contributed by atoms with Crippen molar-refractivity contribution in [1.29, 1.82) is 0 Å². The van der Waals surface area contributed by atoms with E-state index in [1.807, 2.05) is 31.2 Å². The summed E-state index contributed by atoms with van der Waals surface area (Å²) in [5.41, 5.74) is 0.965. The molecule has 1 amide bonds. The molecule has 0 aliphatic carbocycles. The van der Waals surface area contributed by atoms with Crippen molar-refractivity contribution in [3.05, 3.63) is 34.9 Å². The highest BCUT2D eigenvalue weighted by Crippen LogP contribution is 2.20. The molecule has 1 heterocycles. The van der Waals surface area contributed by atoms with Crippen LogP contribution in [0.4, 0.5) is 0 Å². The second-order valence-corrected chi connectivity index (χ2v) is 4.59. The first-order valence-corrected chi connectivity index (χ1v) is 6.51. The summed E-state index contributed by atoms with van der Waals surface area (Å²) in [7, 11) is 0. The van der Waals surface area contributed by atoms with Gasteiger partial charge in [-0.25, -0.2) is 0 Å². The van der Waals surface area contributed by atoms with Crippen LogP contribution in [0.1, 0.15) is 18.9 Å². The summed E-state index contributed by atoms with van der Waals surface area (Å²) in [5, 5.41) is 5.24. The number of carbonyl (C=O) groups excluding carboxylic acids is 1. The lowest BCUT2D eigenvalue weighted by molar-refractivity contribution is -0.190. The van der Waals surface area contributed by atoms with Crippen molar-refractivity contribution in [2.24, 2.45) is 0 Å². The van der Waals surface area contributed by atoms with Gasteiger partial charge in [-0.15, -0.1) is 0 Å². The fourth-order valence-corrected chi connectivity index (χ4v) is 2.26. The Bertz CT molecular complexity index is 425. The van der Waals surface area contributed by atoms with Gasteiger partial charge in [0.05, 0.1) is 13.2 Å². The first-order chi connectivity index (χ1) is 8.72. The molecule has 18 heavy (non-hydrogen) atoms. The number of nitrogens with zero attached hydrogens (tertiary/aromatic N) is 1. The normalized spacial score (nSPS) is 19.3. The lowest BCUT2D eigenvalue weighted by atomic mass is 10.2. The molecule has 0 radical (unpaired) electrons. The zero-order valence-corrected chi connectivity index (χ0v) is 11.1. The van der Waals surface area contributed by atoms with Crippen LogP contribution in [0.2, 0.25) is 5.02 Å². The number of hydrogen-bond acceptors (Lipinski definition) is 3. The first-order valence-electron chi connectivity index (χ1n) is 6.13. The highest BCUT2D eigenvalue weighted by atomic mass is 35.5. The maximum absolute atomic E-state index is 11.7.